The van der Waals surface area contributed by atoms with Gasteiger partial charge < -0.3 is 10.1 Å². The van der Waals surface area contributed by atoms with E-state index in [2.05, 4.69) is 4.98 Å². The minimum absolute atomic E-state index is 0.0221. The van der Waals surface area contributed by atoms with Gasteiger partial charge in [0.2, 0.25) is 0 Å². The molecule has 1 aromatic heterocycles. The van der Waals surface area contributed by atoms with Crippen molar-refractivity contribution in [1.29, 1.82) is 0 Å². The van der Waals surface area contributed by atoms with Crippen LogP contribution in [-0.2, 0) is 7.05 Å². The predicted octanol–water partition coefficient (Wildman–Crippen LogP) is 2.48. The summed E-state index contributed by atoms with van der Waals surface area (Å²) < 4.78 is 1.41. The second-order valence-electron chi connectivity index (χ2n) is 3.16. The van der Waals surface area contributed by atoms with Crippen molar-refractivity contribution in [3.05, 3.63) is 46.8 Å². The zero-order valence-electron chi connectivity index (χ0n) is 8.53. The highest BCUT2D eigenvalue weighted by Gasteiger charge is 2.19. The van der Waals surface area contributed by atoms with Crippen LogP contribution in [0.15, 0.2) is 46.6 Å². The second-order valence-corrected chi connectivity index (χ2v) is 4.22. The molecule has 5 nitrogen and oxygen atoms in total. The zero-order chi connectivity index (χ0) is 11.5. The summed E-state index contributed by atoms with van der Waals surface area (Å²) in [6, 6.07) is 9.46. The van der Waals surface area contributed by atoms with Crippen molar-refractivity contribution in [3.63, 3.8) is 0 Å². The lowest BCUT2D eigenvalue weighted by Gasteiger charge is -1.99. The van der Waals surface area contributed by atoms with E-state index >= 15 is 0 Å². The highest BCUT2D eigenvalue weighted by atomic mass is 32.2. The molecule has 2 aromatic rings. The van der Waals surface area contributed by atoms with Gasteiger partial charge in [-0.3, -0.25) is 0 Å². The highest BCUT2D eigenvalue weighted by molar-refractivity contribution is 7.99. The lowest BCUT2D eigenvalue weighted by Crippen LogP contribution is -1.96. The molecule has 16 heavy (non-hydrogen) atoms. The SMILES string of the molecule is Cn1cnc(Sc2ccccc2)c1[N+](=O)[O-]. The molecule has 0 aliphatic rings. The minimum atomic E-state index is -0.418. The molecule has 0 saturated heterocycles. The van der Waals surface area contributed by atoms with Crippen LogP contribution in [0.2, 0.25) is 0 Å². The Kier molecular flexibility index (Phi) is 2.91. The highest BCUT2D eigenvalue weighted by Crippen LogP contribution is 2.32. The molecule has 0 atom stereocenters. The summed E-state index contributed by atoms with van der Waals surface area (Å²) in [7, 11) is 1.61. The van der Waals surface area contributed by atoms with Crippen LogP contribution in [0.25, 0.3) is 0 Å². The van der Waals surface area contributed by atoms with Gasteiger partial charge in [-0.15, -0.1) is 0 Å². The van der Waals surface area contributed by atoms with Crippen LogP contribution in [0.5, 0.6) is 0 Å². The first-order valence-corrected chi connectivity index (χ1v) is 5.39. The summed E-state index contributed by atoms with van der Waals surface area (Å²) in [5.41, 5.74) is 0. The Morgan fingerprint density at radius 1 is 1.38 bits per heavy atom. The molecule has 0 bridgehead atoms. The van der Waals surface area contributed by atoms with Gasteiger partial charge in [0.15, 0.2) is 11.4 Å². The normalized spacial score (nSPS) is 10.3. The van der Waals surface area contributed by atoms with Crippen LogP contribution in [0.3, 0.4) is 0 Å². The lowest BCUT2D eigenvalue weighted by atomic mass is 10.4. The third-order valence-electron chi connectivity index (χ3n) is 2.00. The molecule has 0 fully saturated rings. The van der Waals surface area contributed by atoms with Gasteiger partial charge >= 0.3 is 5.82 Å². The molecule has 6 heteroatoms. The molecule has 0 N–H and O–H groups in total. The molecule has 1 aromatic carbocycles. The third-order valence-corrected chi connectivity index (χ3v) is 2.99. The van der Waals surface area contributed by atoms with Crippen LogP contribution in [0, 0.1) is 10.1 Å². The summed E-state index contributed by atoms with van der Waals surface area (Å²) in [4.78, 5) is 15.4. The molecule has 0 radical (unpaired) electrons. The van der Waals surface area contributed by atoms with Crippen molar-refractivity contribution in [2.75, 3.05) is 0 Å². The lowest BCUT2D eigenvalue weighted by molar-refractivity contribution is -0.394. The maximum Gasteiger partial charge on any atom is 0.356 e. The van der Waals surface area contributed by atoms with E-state index in [0.29, 0.717) is 5.03 Å². The van der Waals surface area contributed by atoms with E-state index < -0.39 is 4.92 Å². The number of benzene rings is 1. The van der Waals surface area contributed by atoms with E-state index in [-0.39, 0.29) is 5.82 Å². The number of hydrogen-bond acceptors (Lipinski definition) is 4. The summed E-state index contributed by atoms with van der Waals surface area (Å²) in [5, 5.41) is 11.2. The van der Waals surface area contributed by atoms with Crippen LogP contribution in [-0.4, -0.2) is 14.5 Å². The van der Waals surface area contributed by atoms with Gasteiger partial charge in [0.05, 0.1) is 7.05 Å². The number of nitro groups is 1. The van der Waals surface area contributed by atoms with Crippen molar-refractivity contribution in [2.24, 2.45) is 7.05 Å². The molecule has 82 valence electrons. The van der Waals surface area contributed by atoms with Gasteiger partial charge in [-0.05, 0) is 17.1 Å². The monoisotopic (exact) mass is 235 g/mol. The fourth-order valence-electron chi connectivity index (χ4n) is 1.28. The Bertz CT molecular complexity index is 510. The first-order valence-electron chi connectivity index (χ1n) is 4.57. The van der Waals surface area contributed by atoms with Crippen LogP contribution < -0.4 is 0 Å². The fourth-order valence-corrected chi connectivity index (χ4v) is 2.21. The van der Waals surface area contributed by atoms with Gasteiger partial charge in [0, 0.05) is 4.90 Å². The molecule has 0 aliphatic heterocycles. The van der Waals surface area contributed by atoms with Gasteiger partial charge in [0.1, 0.15) is 0 Å². The molecule has 1 heterocycles. The number of imidazole rings is 1. The van der Waals surface area contributed by atoms with Gasteiger partial charge in [-0.2, -0.15) is 0 Å². The topological polar surface area (TPSA) is 61.0 Å². The standard InChI is InChI=1S/C10H9N3O2S/c1-12-7-11-9(10(12)13(14)15)16-8-5-3-2-4-6-8/h2-7H,1H3. The molecule has 0 amide bonds. The summed E-state index contributed by atoms with van der Waals surface area (Å²) >= 11 is 1.29. The Morgan fingerprint density at radius 2 is 2.06 bits per heavy atom. The van der Waals surface area contributed by atoms with E-state index in [1.807, 2.05) is 30.3 Å². The smallest absolute Gasteiger partial charge is 0.356 e. The Balaban J connectivity index is 2.32. The molecule has 2 rings (SSSR count). The first-order chi connectivity index (χ1) is 7.68. The number of aryl methyl sites for hydroxylation is 1. The van der Waals surface area contributed by atoms with Crippen molar-refractivity contribution in [2.45, 2.75) is 9.92 Å². The largest absolute Gasteiger partial charge is 0.358 e. The van der Waals surface area contributed by atoms with E-state index in [1.165, 1.54) is 22.7 Å². The third kappa shape index (κ3) is 2.06. The molecular weight excluding hydrogens is 226 g/mol. The molecular formula is C10H9N3O2S. The Morgan fingerprint density at radius 3 is 2.69 bits per heavy atom. The summed E-state index contributed by atoms with van der Waals surface area (Å²) in [5.74, 6) is 0.0221. The number of rotatable bonds is 3. The summed E-state index contributed by atoms with van der Waals surface area (Å²) in [6.45, 7) is 0. The average Bonchev–Trinajstić information content (AvgIpc) is 2.61. The van der Waals surface area contributed by atoms with E-state index in [4.69, 9.17) is 0 Å². The van der Waals surface area contributed by atoms with Gasteiger partial charge in [-0.25, -0.2) is 9.55 Å². The molecule has 0 spiro atoms. The van der Waals surface area contributed by atoms with Gasteiger partial charge in [-0.1, -0.05) is 30.0 Å². The van der Waals surface area contributed by atoms with Crippen molar-refractivity contribution < 1.29 is 4.92 Å². The van der Waals surface area contributed by atoms with Crippen LogP contribution >= 0.6 is 11.8 Å². The zero-order valence-corrected chi connectivity index (χ0v) is 9.35. The number of nitrogens with zero attached hydrogens (tertiary/aromatic N) is 3. The Hall–Kier alpha value is -1.82. The van der Waals surface area contributed by atoms with Crippen molar-refractivity contribution in [3.8, 4) is 0 Å². The van der Waals surface area contributed by atoms with Crippen molar-refractivity contribution >= 4 is 17.6 Å². The average molecular weight is 235 g/mol. The molecule has 0 unspecified atom stereocenters. The summed E-state index contributed by atoms with van der Waals surface area (Å²) in [6.07, 6.45) is 1.45. The van der Waals surface area contributed by atoms with Crippen LogP contribution in [0.1, 0.15) is 0 Å². The van der Waals surface area contributed by atoms with Gasteiger partial charge in [0.25, 0.3) is 0 Å². The number of aromatic nitrogens is 2. The van der Waals surface area contributed by atoms with E-state index in [9.17, 15) is 10.1 Å². The molecule has 0 saturated carbocycles. The minimum Gasteiger partial charge on any atom is -0.358 e. The second kappa shape index (κ2) is 4.36. The quantitative estimate of drug-likeness (QED) is 0.605. The first kappa shape index (κ1) is 10.7. The molecule has 0 aliphatic carbocycles. The van der Waals surface area contributed by atoms with Crippen LogP contribution in [0.4, 0.5) is 5.82 Å². The number of hydrogen-bond donors (Lipinski definition) is 0. The van der Waals surface area contributed by atoms with Crippen molar-refractivity contribution in [1.82, 2.24) is 9.55 Å². The maximum absolute atomic E-state index is 10.8. The Labute approximate surface area is 96.3 Å². The van der Waals surface area contributed by atoms with E-state index in [0.717, 1.165) is 4.90 Å². The maximum atomic E-state index is 10.8. The fraction of sp³-hybridized carbons (Fsp3) is 0.100. The predicted molar refractivity (Wildman–Crippen MR) is 60.4 cm³/mol. The van der Waals surface area contributed by atoms with E-state index in [1.54, 1.807) is 7.05 Å².